The molecule has 32 heavy (non-hydrogen) atoms. The average Bonchev–Trinajstić information content (AvgIpc) is 3.19. The van der Waals surface area contributed by atoms with E-state index in [1.54, 1.807) is 36.0 Å². The molecule has 4 aromatic rings. The third-order valence-electron chi connectivity index (χ3n) is 4.96. The number of hydrogen-bond acceptors (Lipinski definition) is 5. The van der Waals surface area contributed by atoms with Crippen LogP contribution in [0, 0.1) is 5.95 Å². The van der Waals surface area contributed by atoms with Crippen molar-refractivity contribution in [2.45, 2.75) is 37.0 Å². The normalized spacial score (nSPS) is 12.7. The van der Waals surface area contributed by atoms with E-state index in [2.05, 4.69) is 15.3 Å². The summed E-state index contributed by atoms with van der Waals surface area (Å²) in [6.45, 7) is 6.25. The standard InChI is InChI=1S/C24H25FN4O2S/c1-24(2,3)32(30)20-15-29-18(14-27-23(29)12-19(20)31-4)17-10-21(25)28-22(11-17)26-13-16-8-6-5-7-9-16/h5-12,14-15H,13H2,1-4H3,(H,26,28). The molecule has 1 atom stereocenters. The van der Waals surface area contributed by atoms with Gasteiger partial charge in [-0.1, -0.05) is 30.3 Å². The monoisotopic (exact) mass is 452 g/mol. The van der Waals surface area contributed by atoms with Crippen molar-refractivity contribution in [3.63, 3.8) is 0 Å². The highest BCUT2D eigenvalue weighted by atomic mass is 32.2. The summed E-state index contributed by atoms with van der Waals surface area (Å²) in [5.41, 5.74) is 2.95. The number of imidazole rings is 1. The maximum Gasteiger partial charge on any atom is 0.215 e. The van der Waals surface area contributed by atoms with E-state index in [-0.39, 0.29) is 0 Å². The number of anilines is 1. The summed E-state index contributed by atoms with van der Waals surface area (Å²) < 4.78 is 34.3. The Morgan fingerprint density at radius 1 is 1.16 bits per heavy atom. The molecular formula is C24H25FN4O2S. The van der Waals surface area contributed by atoms with E-state index >= 15 is 0 Å². The Labute approximate surface area is 188 Å². The summed E-state index contributed by atoms with van der Waals surface area (Å²) in [6, 6.07) is 14.7. The van der Waals surface area contributed by atoms with Crippen LogP contribution in [0.5, 0.6) is 5.75 Å². The number of benzene rings is 1. The summed E-state index contributed by atoms with van der Waals surface area (Å²) in [6.07, 6.45) is 3.42. The fraction of sp³-hybridized carbons (Fsp3) is 0.250. The Balaban J connectivity index is 1.74. The SMILES string of the molecule is COc1cc2ncc(-c3cc(F)nc(NCc4ccccc4)c3)n2cc1S(=O)C(C)(C)C. The van der Waals surface area contributed by atoms with Crippen LogP contribution in [-0.2, 0) is 17.3 Å². The first-order chi connectivity index (χ1) is 15.3. The molecule has 0 aliphatic carbocycles. The lowest BCUT2D eigenvalue weighted by atomic mass is 10.2. The van der Waals surface area contributed by atoms with Gasteiger partial charge >= 0.3 is 0 Å². The van der Waals surface area contributed by atoms with E-state index in [9.17, 15) is 8.60 Å². The fourth-order valence-electron chi connectivity index (χ4n) is 3.35. The molecule has 8 heteroatoms. The van der Waals surface area contributed by atoms with E-state index in [4.69, 9.17) is 4.74 Å². The highest BCUT2D eigenvalue weighted by molar-refractivity contribution is 7.86. The zero-order valence-electron chi connectivity index (χ0n) is 18.4. The van der Waals surface area contributed by atoms with Gasteiger partial charge in [0, 0.05) is 35.2 Å². The van der Waals surface area contributed by atoms with Gasteiger partial charge in [-0.05, 0) is 32.4 Å². The Morgan fingerprint density at radius 2 is 1.91 bits per heavy atom. The average molecular weight is 453 g/mol. The molecule has 3 heterocycles. The largest absolute Gasteiger partial charge is 0.495 e. The highest BCUT2D eigenvalue weighted by Crippen LogP contribution is 2.32. The van der Waals surface area contributed by atoms with Crippen LogP contribution in [0.1, 0.15) is 26.3 Å². The lowest BCUT2D eigenvalue weighted by Crippen LogP contribution is -2.22. The molecule has 0 saturated heterocycles. The number of nitrogens with one attached hydrogen (secondary N) is 1. The summed E-state index contributed by atoms with van der Waals surface area (Å²) in [4.78, 5) is 8.97. The number of methoxy groups -OCH3 is 1. The van der Waals surface area contributed by atoms with Gasteiger partial charge in [0.25, 0.3) is 0 Å². The van der Waals surface area contributed by atoms with E-state index in [0.717, 1.165) is 5.56 Å². The highest BCUT2D eigenvalue weighted by Gasteiger charge is 2.25. The Morgan fingerprint density at radius 3 is 2.59 bits per heavy atom. The van der Waals surface area contributed by atoms with E-state index < -0.39 is 21.5 Å². The predicted octanol–water partition coefficient (Wildman–Crippen LogP) is 5.06. The summed E-state index contributed by atoms with van der Waals surface area (Å²) in [5.74, 6) is 0.333. The zero-order chi connectivity index (χ0) is 22.9. The van der Waals surface area contributed by atoms with Crippen LogP contribution in [0.2, 0.25) is 0 Å². The van der Waals surface area contributed by atoms with Crippen molar-refractivity contribution in [1.29, 1.82) is 0 Å². The predicted molar refractivity (Wildman–Crippen MR) is 125 cm³/mol. The number of nitrogens with zero attached hydrogens (tertiary/aromatic N) is 3. The second-order valence-corrected chi connectivity index (χ2v) is 10.6. The molecule has 4 rings (SSSR count). The molecule has 1 unspecified atom stereocenters. The molecule has 0 bridgehead atoms. The van der Waals surface area contributed by atoms with Gasteiger partial charge in [0.15, 0.2) is 0 Å². The molecule has 0 radical (unpaired) electrons. The Bertz CT molecular complexity index is 1280. The smallest absolute Gasteiger partial charge is 0.215 e. The number of fused-ring (bicyclic) bond motifs is 1. The first-order valence-corrected chi connectivity index (χ1v) is 11.3. The molecule has 0 aliphatic rings. The molecule has 1 aromatic carbocycles. The van der Waals surface area contributed by atoms with Crippen molar-refractivity contribution in [1.82, 2.24) is 14.4 Å². The molecule has 3 aromatic heterocycles. The second-order valence-electron chi connectivity index (χ2n) is 8.36. The van der Waals surface area contributed by atoms with Crippen molar-refractivity contribution in [2.75, 3.05) is 12.4 Å². The number of pyridine rings is 2. The maximum atomic E-state index is 14.4. The van der Waals surface area contributed by atoms with Crippen LogP contribution in [0.3, 0.4) is 0 Å². The number of aromatic nitrogens is 3. The Hall–Kier alpha value is -3.26. The molecule has 0 fully saturated rings. The van der Waals surface area contributed by atoms with Gasteiger partial charge in [0.1, 0.15) is 17.2 Å². The summed E-state index contributed by atoms with van der Waals surface area (Å²) in [7, 11) is 0.221. The van der Waals surface area contributed by atoms with Crippen LogP contribution < -0.4 is 10.1 Å². The quantitative estimate of drug-likeness (QED) is 0.414. The van der Waals surface area contributed by atoms with Gasteiger partial charge < -0.3 is 10.1 Å². The lowest BCUT2D eigenvalue weighted by Gasteiger charge is -2.20. The van der Waals surface area contributed by atoms with Crippen LogP contribution in [-0.4, -0.2) is 30.4 Å². The number of ether oxygens (including phenoxy) is 1. The van der Waals surface area contributed by atoms with Crippen LogP contribution >= 0.6 is 0 Å². The minimum absolute atomic E-state index is 0.422. The first kappa shape index (κ1) is 22.0. The molecule has 166 valence electrons. The zero-order valence-corrected chi connectivity index (χ0v) is 19.2. The van der Waals surface area contributed by atoms with Crippen LogP contribution in [0.4, 0.5) is 10.2 Å². The number of halogens is 1. The Kier molecular flexibility index (Phi) is 5.97. The summed E-state index contributed by atoms with van der Waals surface area (Å²) >= 11 is 0. The van der Waals surface area contributed by atoms with Crippen molar-refractivity contribution >= 4 is 22.3 Å². The molecule has 6 nitrogen and oxygen atoms in total. The van der Waals surface area contributed by atoms with Gasteiger partial charge in [-0.2, -0.15) is 4.39 Å². The van der Waals surface area contributed by atoms with Crippen LogP contribution in [0.25, 0.3) is 16.9 Å². The van der Waals surface area contributed by atoms with Gasteiger partial charge in [0.2, 0.25) is 5.95 Å². The molecule has 0 saturated carbocycles. The molecular weight excluding hydrogens is 427 g/mol. The van der Waals surface area contributed by atoms with Gasteiger partial charge in [0.05, 0.1) is 34.7 Å². The van der Waals surface area contributed by atoms with Crippen molar-refractivity contribution in [3.05, 3.63) is 72.4 Å². The molecule has 0 amide bonds. The molecule has 0 spiro atoms. The number of rotatable bonds is 6. The molecule has 1 N–H and O–H groups in total. The van der Waals surface area contributed by atoms with Gasteiger partial charge in [-0.25, -0.2) is 9.97 Å². The lowest BCUT2D eigenvalue weighted by molar-refractivity contribution is 0.403. The molecule has 0 aliphatic heterocycles. The maximum absolute atomic E-state index is 14.4. The summed E-state index contributed by atoms with van der Waals surface area (Å²) in [5, 5.41) is 3.17. The fourth-order valence-corrected chi connectivity index (χ4v) is 4.54. The second kappa shape index (κ2) is 8.70. The van der Waals surface area contributed by atoms with E-state index in [0.29, 0.717) is 39.9 Å². The minimum atomic E-state index is -1.32. The van der Waals surface area contributed by atoms with Crippen LogP contribution in [0.15, 0.2) is 65.8 Å². The van der Waals surface area contributed by atoms with Crippen molar-refractivity contribution < 1.29 is 13.3 Å². The topological polar surface area (TPSA) is 68.5 Å². The first-order valence-electron chi connectivity index (χ1n) is 10.2. The third kappa shape index (κ3) is 4.50. The number of hydrogen-bond donors (Lipinski definition) is 1. The minimum Gasteiger partial charge on any atom is -0.495 e. The van der Waals surface area contributed by atoms with E-state index in [1.807, 2.05) is 51.1 Å². The van der Waals surface area contributed by atoms with E-state index in [1.165, 1.54) is 6.07 Å². The van der Waals surface area contributed by atoms with Crippen molar-refractivity contribution in [2.24, 2.45) is 0 Å². The van der Waals surface area contributed by atoms with Gasteiger partial charge in [-0.15, -0.1) is 0 Å². The van der Waals surface area contributed by atoms with Gasteiger partial charge in [-0.3, -0.25) is 8.61 Å². The van der Waals surface area contributed by atoms with Crippen molar-refractivity contribution in [3.8, 4) is 17.0 Å². The third-order valence-corrected chi connectivity index (χ3v) is 6.78.